The van der Waals surface area contributed by atoms with Crippen molar-refractivity contribution in [3.05, 3.63) is 29.8 Å². The topological polar surface area (TPSA) is 84.5 Å². The molecule has 0 aliphatic rings. The first kappa shape index (κ1) is 17.7. The first-order valence-corrected chi connectivity index (χ1v) is 7.00. The van der Waals surface area contributed by atoms with Gasteiger partial charge >= 0.3 is 5.97 Å². The molecule has 0 fully saturated rings. The number of ether oxygens (including phenoxy) is 1. The molecular formula is C16H22N2O4. The second-order valence-electron chi connectivity index (χ2n) is 5.91. The normalized spacial score (nSPS) is 10.7. The Labute approximate surface area is 130 Å². The minimum atomic E-state index is -0.427. The lowest BCUT2D eigenvalue weighted by Gasteiger charge is -2.20. The third-order valence-corrected chi connectivity index (χ3v) is 2.70. The summed E-state index contributed by atoms with van der Waals surface area (Å²) in [5.41, 5.74) is 0.780. The highest BCUT2D eigenvalue weighted by Gasteiger charge is 2.15. The molecule has 0 heterocycles. The second kappa shape index (κ2) is 7.59. The van der Waals surface area contributed by atoms with Crippen LogP contribution < -0.4 is 10.6 Å². The third-order valence-electron chi connectivity index (χ3n) is 2.70. The van der Waals surface area contributed by atoms with E-state index >= 15 is 0 Å². The van der Waals surface area contributed by atoms with Crippen LogP contribution >= 0.6 is 0 Å². The number of carbonyl (C=O) groups excluding carboxylic acids is 3. The predicted octanol–water partition coefficient (Wildman–Crippen LogP) is 2.11. The zero-order valence-corrected chi connectivity index (χ0v) is 13.4. The Morgan fingerprint density at radius 2 is 1.64 bits per heavy atom. The van der Waals surface area contributed by atoms with Gasteiger partial charge < -0.3 is 15.4 Å². The molecular weight excluding hydrogens is 284 g/mol. The third kappa shape index (κ3) is 6.39. The van der Waals surface area contributed by atoms with Gasteiger partial charge in [0.25, 0.3) is 5.91 Å². The van der Waals surface area contributed by atoms with E-state index < -0.39 is 5.97 Å². The van der Waals surface area contributed by atoms with E-state index in [2.05, 4.69) is 15.4 Å². The summed E-state index contributed by atoms with van der Waals surface area (Å²) < 4.78 is 4.47. The van der Waals surface area contributed by atoms with E-state index in [9.17, 15) is 14.4 Å². The molecule has 120 valence electrons. The lowest BCUT2D eigenvalue weighted by molar-refractivity contribution is -0.141. The number of esters is 1. The summed E-state index contributed by atoms with van der Waals surface area (Å²) in [6.45, 7) is 5.71. The summed E-state index contributed by atoms with van der Waals surface area (Å²) in [4.78, 5) is 34.6. The van der Waals surface area contributed by atoms with Crippen LogP contribution in [-0.4, -0.2) is 30.4 Å². The van der Waals surface area contributed by atoms with Gasteiger partial charge in [-0.25, -0.2) is 0 Å². The number of rotatable bonds is 5. The van der Waals surface area contributed by atoms with Crippen molar-refractivity contribution in [1.29, 1.82) is 0 Å². The largest absolute Gasteiger partial charge is 0.469 e. The van der Waals surface area contributed by atoms with Gasteiger partial charge in [-0.1, -0.05) is 0 Å². The highest BCUT2D eigenvalue weighted by molar-refractivity contribution is 5.96. The maximum absolute atomic E-state index is 12.0. The standard InChI is InChI=1S/C16H22N2O4/c1-16(2,3)18-15(21)11-5-7-12(8-6-11)17-13(19)9-10-14(20)22-4/h5-8H,9-10H2,1-4H3,(H,17,19)(H,18,21). The van der Waals surface area contributed by atoms with Gasteiger partial charge in [0.1, 0.15) is 0 Å². The Morgan fingerprint density at radius 3 is 2.14 bits per heavy atom. The number of amides is 2. The van der Waals surface area contributed by atoms with Gasteiger partial charge in [-0.3, -0.25) is 14.4 Å². The molecule has 0 unspecified atom stereocenters. The minimum absolute atomic E-state index is 0.0361. The van der Waals surface area contributed by atoms with E-state index in [4.69, 9.17) is 0 Å². The number of nitrogens with one attached hydrogen (secondary N) is 2. The number of hydrogen-bond acceptors (Lipinski definition) is 4. The molecule has 0 bridgehead atoms. The summed E-state index contributed by atoms with van der Waals surface area (Å²) in [5.74, 6) is -0.877. The fraction of sp³-hybridized carbons (Fsp3) is 0.438. The van der Waals surface area contributed by atoms with E-state index in [1.807, 2.05) is 20.8 Å². The maximum Gasteiger partial charge on any atom is 0.306 e. The van der Waals surface area contributed by atoms with Crippen molar-refractivity contribution in [2.24, 2.45) is 0 Å². The molecule has 0 aliphatic carbocycles. The van der Waals surface area contributed by atoms with Crippen molar-refractivity contribution in [3.63, 3.8) is 0 Å². The number of carbonyl (C=O) groups is 3. The van der Waals surface area contributed by atoms with Crippen LogP contribution in [0.4, 0.5) is 5.69 Å². The average molecular weight is 306 g/mol. The molecule has 1 aromatic carbocycles. The Hall–Kier alpha value is -2.37. The van der Waals surface area contributed by atoms with Crippen molar-refractivity contribution in [3.8, 4) is 0 Å². The van der Waals surface area contributed by atoms with Crippen molar-refractivity contribution >= 4 is 23.5 Å². The molecule has 1 aromatic rings. The monoisotopic (exact) mass is 306 g/mol. The molecule has 6 heteroatoms. The zero-order chi connectivity index (χ0) is 16.8. The first-order chi connectivity index (χ1) is 10.2. The van der Waals surface area contributed by atoms with E-state index in [-0.39, 0.29) is 30.2 Å². The van der Waals surface area contributed by atoms with Crippen LogP contribution in [0.1, 0.15) is 44.0 Å². The predicted molar refractivity (Wildman–Crippen MR) is 83.5 cm³/mol. The van der Waals surface area contributed by atoms with Gasteiger partial charge in [-0.05, 0) is 45.0 Å². The molecule has 0 aliphatic heterocycles. The number of anilines is 1. The first-order valence-electron chi connectivity index (χ1n) is 7.00. The number of hydrogen-bond donors (Lipinski definition) is 2. The maximum atomic E-state index is 12.0. The van der Waals surface area contributed by atoms with Crippen LogP contribution in [0.5, 0.6) is 0 Å². The van der Waals surface area contributed by atoms with E-state index in [0.29, 0.717) is 11.3 Å². The van der Waals surface area contributed by atoms with Gasteiger partial charge in [-0.2, -0.15) is 0 Å². The average Bonchev–Trinajstić information content (AvgIpc) is 2.43. The van der Waals surface area contributed by atoms with Crippen LogP contribution in [0, 0.1) is 0 Å². The summed E-state index contributed by atoms with van der Waals surface area (Å²) >= 11 is 0. The molecule has 0 aromatic heterocycles. The minimum Gasteiger partial charge on any atom is -0.469 e. The van der Waals surface area contributed by atoms with E-state index in [1.165, 1.54) is 7.11 Å². The number of benzene rings is 1. The fourth-order valence-corrected chi connectivity index (χ4v) is 1.66. The van der Waals surface area contributed by atoms with Gasteiger partial charge in [-0.15, -0.1) is 0 Å². The van der Waals surface area contributed by atoms with Gasteiger partial charge in [0.2, 0.25) is 5.91 Å². The van der Waals surface area contributed by atoms with Crippen LogP contribution in [0.3, 0.4) is 0 Å². The Kier molecular flexibility index (Phi) is 6.10. The molecule has 0 saturated heterocycles. The van der Waals surface area contributed by atoms with Crippen molar-refractivity contribution in [2.45, 2.75) is 39.2 Å². The molecule has 2 N–H and O–H groups in total. The van der Waals surface area contributed by atoms with Gasteiger partial charge in [0, 0.05) is 23.2 Å². The molecule has 0 radical (unpaired) electrons. The molecule has 0 atom stereocenters. The summed E-state index contributed by atoms with van der Waals surface area (Å²) in [7, 11) is 1.28. The second-order valence-corrected chi connectivity index (χ2v) is 5.91. The Balaban J connectivity index is 2.56. The zero-order valence-electron chi connectivity index (χ0n) is 13.4. The van der Waals surface area contributed by atoms with E-state index in [1.54, 1.807) is 24.3 Å². The highest BCUT2D eigenvalue weighted by Crippen LogP contribution is 2.11. The van der Waals surface area contributed by atoms with Crippen LogP contribution in [-0.2, 0) is 14.3 Å². The summed E-state index contributed by atoms with van der Waals surface area (Å²) in [5, 5.41) is 5.51. The van der Waals surface area contributed by atoms with Crippen LogP contribution in [0.15, 0.2) is 24.3 Å². The fourth-order valence-electron chi connectivity index (χ4n) is 1.66. The molecule has 1 rings (SSSR count). The van der Waals surface area contributed by atoms with Crippen LogP contribution in [0.25, 0.3) is 0 Å². The van der Waals surface area contributed by atoms with Crippen molar-refractivity contribution in [1.82, 2.24) is 5.32 Å². The molecule has 2 amide bonds. The molecule has 6 nitrogen and oxygen atoms in total. The van der Waals surface area contributed by atoms with Gasteiger partial charge in [0.15, 0.2) is 0 Å². The van der Waals surface area contributed by atoms with E-state index in [0.717, 1.165) is 0 Å². The summed E-state index contributed by atoms with van der Waals surface area (Å²) in [6, 6.07) is 6.56. The highest BCUT2D eigenvalue weighted by atomic mass is 16.5. The molecule has 22 heavy (non-hydrogen) atoms. The van der Waals surface area contributed by atoms with Crippen molar-refractivity contribution < 1.29 is 19.1 Å². The molecule has 0 saturated carbocycles. The lowest BCUT2D eigenvalue weighted by Crippen LogP contribution is -2.40. The quantitative estimate of drug-likeness (QED) is 0.816. The smallest absolute Gasteiger partial charge is 0.306 e. The molecule has 0 spiro atoms. The Bertz CT molecular complexity index is 544. The van der Waals surface area contributed by atoms with Gasteiger partial charge in [0.05, 0.1) is 13.5 Å². The van der Waals surface area contributed by atoms with Crippen LogP contribution in [0.2, 0.25) is 0 Å². The summed E-state index contributed by atoms with van der Waals surface area (Å²) in [6.07, 6.45) is 0.0906. The lowest BCUT2D eigenvalue weighted by atomic mass is 10.1. The Morgan fingerprint density at radius 1 is 1.05 bits per heavy atom. The number of methoxy groups -OCH3 is 1. The van der Waals surface area contributed by atoms with Crippen molar-refractivity contribution in [2.75, 3.05) is 12.4 Å². The SMILES string of the molecule is COC(=O)CCC(=O)Nc1ccc(C(=O)NC(C)(C)C)cc1.